The van der Waals surface area contributed by atoms with E-state index in [1.165, 1.54) is 0 Å². The Morgan fingerprint density at radius 2 is 2.18 bits per heavy atom. The minimum Gasteiger partial charge on any atom is -0.392 e. The topological polar surface area (TPSA) is 33.1 Å². The smallest absolute Gasteiger partial charge is 0.0702 e. The summed E-state index contributed by atoms with van der Waals surface area (Å²) < 4.78 is 0. The molecule has 2 nitrogen and oxygen atoms in total. The number of aliphatic hydroxyl groups excluding tert-OH is 1. The molecule has 1 aromatic heterocycles. The molecule has 2 aromatic rings. The molecule has 17 heavy (non-hydrogen) atoms. The van der Waals surface area contributed by atoms with Gasteiger partial charge in [-0.2, -0.15) is 0 Å². The second-order valence-electron chi connectivity index (χ2n) is 4.49. The van der Waals surface area contributed by atoms with Gasteiger partial charge in [0.15, 0.2) is 0 Å². The SMILES string of the molecule is CC(C)C(=Cc1ccc2ncccc2c1)CO. The van der Waals surface area contributed by atoms with Crippen molar-refractivity contribution in [3.63, 3.8) is 0 Å². The van der Waals surface area contributed by atoms with E-state index in [0.29, 0.717) is 5.92 Å². The summed E-state index contributed by atoms with van der Waals surface area (Å²) in [5, 5.41) is 10.4. The van der Waals surface area contributed by atoms with E-state index in [1.54, 1.807) is 6.20 Å². The molecule has 0 aliphatic heterocycles. The van der Waals surface area contributed by atoms with Crippen LogP contribution in [0.4, 0.5) is 0 Å². The minimum atomic E-state index is 0.114. The normalized spacial score (nSPS) is 12.4. The standard InChI is InChI=1S/C15H17NO/c1-11(2)14(10-17)9-12-5-6-15-13(8-12)4-3-7-16-15/h3-9,11,17H,10H2,1-2H3. The zero-order chi connectivity index (χ0) is 12.3. The highest BCUT2D eigenvalue weighted by Crippen LogP contribution is 2.18. The van der Waals surface area contributed by atoms with E-state index in [0.717, 1.165) is 22.0 Å². The third kappa shape index (κ3) is 2.71. The molecular weight excluding hydrogens is 210 g/mol. The lowest BCUT2D eigenvalue weighted by Gasteiger charge is -2.08. The first kappa shape index (κ1) is 11.8. The molecule has 0 aliphatic carbocycles. The Bertz CT molecular complexity index is 543. The molecule has 0 radical (unpaired) electrons. The number of rotatable bonds is 3. The Balaban J connectivity index is 2.43. The summed E-state index contributed by atoms with van der Waals surface area (Å²) >= 11 is 0. The maximum Gasteiger partial charge on any atom is 0.0702 e. The predicted molar refractivity (Wildman–Crippen MR) is 71.6 cm³/mol. The van der Waals surface area contributed by atoms with E-state index in [2.05, 4.69) is 31.0 Å². The molecule has 0 saturated heterocycles. The minimum absolute atomic E-state index is 0.114. The van der Waals surface area contributed by atoms with Crippen molar-refractivity contribution in [2.75, 3.05) is 6.61 Å². The molecule has 2 rings (SSSR count). The van der Waals surface area contributed by atoms with Crippen LogP contribution in [-0.2, 0) is 0 Å². The number of hydrogen-bond acceptors (Lipinski definition) is 2. The van der Waals surface area contributed by atoms with E-state index < -0.39 is 0 Å². The molecule has 88 valence electrons. The Morgan fingerprint density at radius 3 is 2.88 bits per heavy atom. The van der Waals surface area contributed by atoms with Gasteiger partial charge in [-0.15, -0.1) is 0 Å². The lowest BCUT2D eigenvalue weighted by molar-refractivity contribution is 0.320. The van der Waals surface area contributed by atoms with Crippen LogP contribution in [0.15, 0.2) is 42.1 Å². The van der Waals surface area contributed by atoms with Crippen molar-refractivity contribution in [2.45, 2.75) is 13.8 Å². The Morgan fingerprint density at radius 1 is 1.35 bits per heavy atom. The highest BCUT2D eigenvalue weighted by Gasteiger charge is 2.02. The van der Waals surface area contributed by atoms with Gasteiger partial charge in [-0.25, -0.2) is 0 Å². The first-order valence-electron chi connectivity index (χ1n) is 5.87. The van der Waals surface area contributed by atoms with Crippen LogP contribution in [0.5, 0.6) is 0 Å². The first-order valence-corrected chi connectivity index (χ1v) is 5.87. The van der Waals surface area contributed by atoms with Gasteiger partial charge in [-0.3, -0.25) is 4.98 Å². The van der Waals surface area contributed by atoms with Gasteiger partial charge in [0.1, 0.15) is 0 Å². The number of nitrogens with zero attached hydrogens (tertiary/aromatic N) is 1. The second-order valence-corrected chi connectivity index (χ2v) is 4.49. The fourth-order valence-electron chi connectivity index (χ4n) is 1.79. The van der Waals surface area contributed by atoms with Crippen molar-refractivity contribution in [1.82, 2.24) is 4.98 Å². The highest BCUT2D eigenvalue weighted by atomic mass is 16.3. The van der Waals surface area contributed by atoms with Gasteiger partial charge in [-0.1, -0.05) is 32.1 Å². The zero-order valence-electron chi connectivity index (χ0n) is 10.2. The van der Waals surface area contributed by atoms with Crippen molar-refractivity contribution >= 4 is 17.0 Å². The van der Waals surface area contributed by atoms with Gasteiger partial charge >= 0.3 is 0 Å². The van der Waals surface area contributed by atoms with Crippen LogP contribution in [0.1, 0.15) is 19.4 Å². The first-order chi connectivity index (χ1) is 8.20. The van der Waals surface area contributed by atoms with Crippen LogP contribution in [0, 0.1) is 5.92 Å². The third-order valence-electron chi connectivity index (χ3n) is 2.90. The zero-order valence-corrected chi connectivity index (χ0v) is 10.2. The molecule has 0 fully saturated rings. The summed E-state index contributed by atoms with van der Waals surface area (Å²) in [5.41, 5.74) is 3.16. The summed E-state index contributed by atoms with van der Waals surface area (Å²) in [7, 11) is 0. The number of aliphatic hydroxyl groups is 1. The average molecular weight is 227 g/mol. The van der Waals surface area contributed by atoms with Crippen LogP contribution in [0.3, 0.4) is 0 Å². The Kier molecular flexibility index (Phi) is 3.55. The molecule has 0 bridgehead atoms. The fourth-order valence-corrected chi connectivity index (χ4v) is 1.79. The molecule has 0 aliphatic rings. The van der Waals surface area contributed by atoms with Gasteiger partial charge in [0.25, 0.3) is 0 Å². The van der Waals surface area contributed by atoms with Gasteiger partial charge in [-0.05, 0) is 35.3 Å². The number of aromatic nitrogens is 1. The predicted octanol–water partition coefficient (Wildman–Crippen LogP) is 3.27. The highest BCUT2D eigenvalue weighted by molar-refractivity contribution is 5.81. The molecular formula is C15H17NO. The van der Waals surface area contributed by atoms with Crippen molar-refractivity contribution in [1.29, 1.82) is 0 Å². The number of benzene rings is 1. The van der Waals surface area contributed by atoms with Crippen LogP contribution in [0.2, 0.25) is 0 Å². The molecule has 0 saturated carbocycles. The lowest BCUT2D eigenvalue weighted by Crippen LogP contribution is -1.98. The Hall–Kier alpha value is -1.67. The molecule has 1 aromatic carbocycles. The average Bonchev–Trinajstić information content (AvgIpc) is 2.35. The third-order valence-corrected chi connectivity index (χ3v) is 2.90. The number of hydrogen-bond donors (Lipinski definition) is 1. The van der Waals surface area contributed by atoms with E-state index in [9.17, 15) is 5.11 Å². The van der Waals surface area contributed by atoms with Gasteiger partial charge in [0.2, 0.25) is 0 Å². The van der Waals surface area contributed by atoms with Crippen molar-refractivity contribution in [2.24, 2.45) is 5.92 Å². The van der Waals surface area contributed by atoms with Crippen LogP contribution < -0.4 is 0 Å². The summed E-state index contributed by atoms with van der Waals surface area (Å²) in [5.74, 6) is 0.365. The quantitative estimate of drug-likeness (QED) is 0.873. The van der Waals surface area contributed by atoms with Gasteiger partial charge in [0, 0.05) is 11.6 Å². The van der Waals surface area contributed by atoms with Crippen LogP contribution >= 0.6 is 0 Å². The number of pyridine rings is 1. The molecule has 1 N–H and O–H groups in total. The van der Waals surface area contributed by atoms with Crippen molar-refractivity contribution in [3.8, 4) is 0 Å². The summed E-state index contributed by atoms with van der Waals surface area (Å²) in [4.78, 5) is 4.29. The monoisotopic (exact) mass is 227 g/mol. The Labute approximate surface area is 102 Å². The van der Waals surface area contributed by atoms with E-state index in [4.69, 9.17) is 0 Å². The molecule has 0 spiro atoms. The van der Waals surface area contributed by atoms with Crippen molar-refractivity contribution < 1.29 is 5.11 Å². The molecule has 0 unspecified atom stereocenters. The van der Waals surface area contributed by atoms with E-state index in [1.807, 2.05) is 24.3 Å². The molecule has 0 amide bonds. The van der Waals surface area contributed by atoms with Gasteiger partial charge in [0.05, 0.1) is 12.1 Å². The van der Waals surface area contributed by atoms with Crippen LogP contribution in [0.25, 0.3) is 17.0 Å². The molecule has 0 atom stereocenters. The molecule has 1 heterocycles. The summed E-state index contributed by atoms with van der Waals surface area (Å²) in [6, 6.07) is 10.1. The number of fused-ring (bicyclic) bond motifs is 1. The van der Waals surface area contributed by atoms with E-state index in [-0.39, 0.29) is 6.61 Å². The maximum atomic E-state index is 9.29. The van der Waals surface area contributed by atoms with Crippen LogP contribution in [-0.4, -0.2) is 16.7 Å². The van der Waals surface area contributed by atoms with Crippen molar-refractivity contribution in [3.05, 3.63) is 47.7 Å². The van der Waals surface area contributed by atoms with Gasteiger partial charge < -0.3 is 5.11 Å². The maximum absolute atomic E-state index is 9.29. The largest absolute Gasteiger partial charge is 0.392 e. The second kappa shape index (κ2) is 5.11. The summed E-state index contributed by atoms with van der Waals surface area (Å²) in [6.07, 6.45) is 3.85. The lowest BCUT2D eigenvalue weighted by atomic mass is 10.0. The summed E-state index contributed by atoms with van der Waals surface area (Å²) in [6.45, 7) is 4.29. The van der Waals surface area contributed by atoms with E-state index >= 15 is 0 Å². The fraction of sp³-hybridized carbons (Fsp3) is 0.267. The molecule has 2 heteroatoms.